The first-order valence-electron chi connectivity index (χ1n) is 6.50. The van der Waals surface area contributed by atoms with Crippen molar-refractivity contribution in [2.75, 3.05) is 0 Å². The van der Waals surface area contributed by atoms with E-state index in [4.69, 9.17) is 21.5 Å². The van der Waals surface area contributed by atoms with Crippen molar-refractivity contribution < 1.29 is 31.1 Å². The van der Waals surface area contributed by atoms with E-state index in [1.807, 2.05) is 0 Å². The van der Waals surface area contributed by atoms with Gasteiger partial charge in [0.15, 0.2) is 0 Å². The van der Waals surface area contributed by atoms with E-state index in [1.165, 1.54) is 17.1 Å². The van der Waals surface area contributed by atoms with E-state index in [0.29, 0.717) is 0 Å². The summed E-state index contributed by atoms with van der Waals surface area (Å²) in [6, 6.07) is 0. The molecule has 0 amide bonds. The number of hydrogen-bond acceptors (Lipinski definition) is 7. The Morgan fingerprint density at radius 1 is 0.810 bits per heavy atom. The second kappa shape index (κ2) is 5.66. The molecular weight excluding hydrogens is 328 g/mol. The maximum atomic E-state index is 10.5. The minimum absolute atomic E-state index is 0.534. The van der Waals surface area contributed by atoms with Crippen molar-refractivity contribution in [3.63, 3.8) is 0 Å². The molecule has 7 nitrogen and oxygen atoms in total. The topological polar surface area (TPSA) is 86.6 Å². The molecule has 2 N–H and O–H groups in total. The molecule has 0 aromatic heterocycles. The van der Waals surface area contributed by atoms with Crippen LogP contribution in [0.1, 0.15) is 13.8 Å². The van der Waals surface area contributed by atoms with E-state index in [-0.39, 0.29) is 0 Å². The minimum atomic E-state index is -3.70. The fraction of sp³-hybridized carbons (Fsp3) is 0.455. The van der Waals surface area contributed by atoms with Crippen LogP contribution in [0.3, 0.4) is 0 Å². The van der Waals surface area contributed by atoms with Gasteiger partial charge in [0.05, 0.1) is 18.3 Å². The highest BCUT2D eigenvalue weighted by Gasteiger charge is 2.62. The molecular formula is C11H20O7Si3. The van der Waals surface area contributed by atoms with E-state index in [1.54, 1.807) is 13.8 Å². The van der Waals surface area contributed by atoms with Gasteiger partial charge in [-0.2, -0.15) is 0 Å². The average Bonchev–Trinajstić information content (AvgIpc) is 2.61. The summed E-state index contributed by atoms with van der Waals surface area (Å²) in [6.07, 6.45) is -1.65. The molecule has 0 aromatic rings. The van der Waals surface area contributed by atoms with Gasteiger partial charge in [0.1, 0.15) is 0 Å². The Bertz CT molecular complexity index is 429. The van der Waals surface area contributed by atoms with Crippen LogP contribution in [0, 0.1) is 0 Å². The summed E-state index contributed by atoms with van der Waals surface area (Å²) < 4.78 is 28.3. The normalized spacial score (nSPS) is 50.6. The van der Waals surface area contributed by atoms with Gasteiger partial charge in [0, 0.05) is 0 Å². The fourth-order valence-electron chi connectivity index (χ4n) is 2.27. The molecule has 118 valence electrons. The van der Waals surface area contributed by atoms with Crippen LogP contribution in [0.15, 0.2) is 36.8 Å². The van der Waals surface area contributed by atoms with Crippen molar-refractivity contribution in [2.24, 2.45) is 0 Å². The first kappa shape index (κ1) is 17.0. The van der Waals surface area contributed by atoms with Crippen molar-refractivity contribution in [3.05, 3.63) is 36.8 Å². The molecule has 0 saturated carbocycles. The summed E-state index contributed by atoms with van der Waals surface area (Å²) in [5.74, 6) is 0. The maximum absolute atomic E-state index is 10.5. The van der Waals surface area contributed by atoms with Gasteiger partial charge in [-0.25, -0.2) is 0 Å². The van der Waals surface area contributed by atoms with E-state index in [0.717, 1.165) is 0 Å². The second-order valence-corrected chi connectivity index (χ2v) is 12.2. The van der Waals surface area contributed by atoms with Crippen LogP contribution in [-0.2, 0) is 21.5 Å². The van der Waals surface area contributed by atoms with Gasteiger partial charge < -0.3 is 31.1 Å². The Labute approximate surface area is 127 Å². The van der Waals surface area contributed by atoms with Crippen LogP contribution < -0.4 is 0 Å². The third-order valence-corrected chi connectivity index (χ3v) is 11.4. The third kappa shape index (κ3) is 3.19. The Morgan fingerprint density at radius 3 is 1.57 bits per heavy atom. The Kier molecular flexibility index (Phi) is 4.57. The van der Waals surface area contributed by atoms with Crippen LogP contribution in [0.4, 0.5) is 0 Å². The van der Waals surface area contributed by atoms with Gasteiger partial charge in [-0.15, -0.1) is 0 Å². The van der Waals surface area contributed by atoms with Crippen molar-refractivity contribution in [2.45, 2.75) is 32.2 Å². The lowest BCUT2D eigenvalue weighted by Gasteiger charge is -2.32. The molecule has 10 heteroatoms. The highest BCUT2D eigenvalue weighted by molar-refractivity contribution is 6.85. The molecule has 0 radical (unpaired) electrons. The summed E-state index contributed by atoms with van der Waals surface area (Å²) in [7, 11) is -11.0. The van der Waals surface area contributed by atoms with Crippen molar-refractivity contribution in [3.8, 4) is 0 Å². The van der Waals surface area contributed by atoms with Crippen molar-refractivity contribution in [1.29, 1.82) is 0 Å². The molecule has 2 bridgehead atoms. The van der Waals surface area contributed by atoms with Crippen molar-refractivity contribution in [1.82, 2.24) is 0 Å². The SMILES string of the molecule is C=C[Si]1(O)OC(C)C2O[Si](C=C)(O1)O[Si](O)(C=C)OC2C. The summed E-state index contributed by atoms with van der Waals surface area (Å²) >= 11 is 0. The lowest BCUT2D eigenvalue weighted by Crippen LogP contribution is -2.59. The summed E-state index contributed by atoms with van der Waals surface area (Å²) in [4.78, 5) is 20.9. The number of hydrogen-bond donors (Lipinski definition) is 2. The van der Waals surface area contributed by atoms with E-state index < -0.39 is 44.7 Å². The van der Waals surface area contributed by atoms with Crippen LogP contribution in [0.25, 0.3) is 0 Å². The molecule has 2 fully saturated rings. The lowest BCUT2D eigenvalue weighted by molar-refractivity contribution is -0.0175. The quantitative estimate of drug-likeness (QED) is 0.706. The van der Waals surface area contributed by atoms with E-state index in [2.05, 4.69) is 19.7 Å². The molecule has 4 atom stereocenters. The molecule has 2 heterocycles. The predicted molar refractivity (Wildman–Crippen MR) is 80.4 cm³/mol. The minimum Gasteiger partial charge on any atom is -0.387 e. The Balaban J connectivity index is 2.51. The first-order chi connectivity index (χ1) is 9.70. The third-order valence-electron chi connectivity index (χ3n) is 3.28. The molecule has 2 aliphatic heterocycles. The fourth-order valence-corrected chi connectivity index (χ4v) is 10.6. The maximum Gasteiger partial charge on any atom is 0.519 e. The smallest absolute Gasteiger partial charge is 0.387 e. The Morgan fingerprint density at radius 2 is 1.24 bits per heavy atom. The van der Waals surface area contributed by atoms with E-state index in [9.17, 15) is 9.59 Å². The standard InChI is InChI=1S/C11H20O7Si3/c1-6-19(12)14-9(4)11-10(5)15-20(13,7-2)18-21(8-3,16-11)17-19/h6-13H,1-3H2,4-5H3. The van der Waals surface area contributed by atoms with Gasteiger partial charge in [0.25, 0.3) is 0 Å². The molecule has 0 aliphatic carbocycles. The summed E-state index contributed by atoms with van der Waals surface area (Å²) in [6.45, 7) is 14.2. The largest absolute Gasteiger partial charge is 0.519 e. The van der Waals surface area contributed by atoms with Gasteiger partial charge in [-0.3, -0.25) is 0 Å². The zero-order valence-electron chi connectivity index (χ0n) is 12.0. The zero-order chi connectivity index (χ0) is 15.9. The number of fused-ring (bicyclic) bond motifs is 2. The Hall–Kier alpha value is -0.409. The van der Waals surface area contributed by atoms with Gasteiger partial charge in [-0.1, -0.05) is 19.7 Å². The van der Waals surface area contributed by atoms with Crippen molar-refractivity contribution >= 4 is 26.4 Å². The van der Waals surface area contributed by atoms with Gasteiger partial charge in [-0.05, 0) is 30.9 Å². The van der Waals surface area contributed by atoms with Crippen LogP contribution in [0.5, 0.6) is 0 Å². The molecule has 21 heavy (non-hydrogen) atoms. The number of rotatable bonds is 3. The van der Waals surface area contributed by atoms with Gasteiger partial charge >= 0.3 is 26.4 Å². The molecule has 0 spiro atoms. The van der Waals surface area contributed by atoms with Gasteiger partial charge in [0.2, 0.25) is 0 Å². The van der Waals surface area contributed by atoms with Crippen LogP contribution in [-0.4, -0.2) is 54.3 Å². The molecule has 2 rings (SSSR count). The second-order valence-electron chi connectivity index (χ2n) is 4.91. The first-order valence-corrected chi connectivity index (χ1v) is 12.0. The summed E-state index contributed by atoms with van der Waals surface area (Å²) in [5.41, 5.74) is 3.79. The zero-order valence-corrected chi connectivity index (χ0v) is 15.0. The van der Waals surface area contributed by atoms with E-state index >= 15 is 0 Å². The predicted octanol–water partition coefficient (Wildman–Crippen LogP) is 0.219. The highest BCUT2D eigenvalue weighted by atomic mass is 28.5. The summed E-state index contributed by atoms with van der Waals surface area (Å²) in [5, 5.41) is 0. The highest BCUT2D eigenvalue weighted by Crippen LogP contribution is 2.34. The molecule has 4 unspecified atom stereocenters. The van der Waals surface area contributed by atoms with Crippen LogP contribution >= 0.6 is 0 Å². The average molecular weight is 349 g/mol. The monoisotopic (exact) mass is 348 g/mol. The molecule has 0 aromatic carbocycles. The molecule has 2 saturated heterocycles. The lowest BCUT2D eigenvalue weighted by atomic mass is 10.1. The molecule has 2 aliphatic rings. The van der Waals surface area contributed by atoms with Crippen LogP contribution in [0.2, 0.25) is 0 Å².